The standard InChI is InChI=1S/C54H40N4/c55-32-41-21-22-45(46-14-8-7-13-44(41)46)40-20-24-48-47-23-19-39(30-49(47)54(50(48)31-40)42-26-33-25-34(28-42)29-43(54)27-33)35-15-17-38(18-16-35)53-57-51(36-9-3-1-4-10-36)56-52(58-53)37-11-5-2-6-12-37/h1-24,30-31,33-34,42-43H,25-29H2. The van der Waals surface area contributed by atoms with Crippen molar-refractivity contribution < 1.29 is 0 Å². The van der Waals surface area contributed by atoms with Gasteiger partial charge in [-0.15, -0.1) is 0 Å². The van der Waals surface area contributed by atoms with Gasteiger partial charge in [-0.3, -0.25) is 0 Å². The van der Waals surface area contributed by atoms with E-state index < -0.39 is 0 Å². The fraction of sp³-hybridized carbons (Fsp3) is 0.185. The van der Waals surface area contributed by atoms with Gasteiger partial charge in [0, 0.05) is 27.5 Å². The van der Waals surface area contributed by atoms with Crippen molar-refractivity contribution in [3.05, 3.63) is 174 Å². The molecule has 1 spiro atoms. The highest BCUT2D eigenvalue weighted by Gasteiger charge is 2.61. The van der Waals surface area contributed by atoms with E-state index >= 15 is 0 Å². The molecule has 1 heterocycles. The smallest absolute Gasteiger partial charge is 0.164 e. The molecule has 13 rings (SSSR count). The maximum absolute atomic E-state index is 9.92. The third-order valence-electron chi connectivity index (χ3n) is 14.2. The molecule has 0 atom stereocenters. The van der Waals surface area contributed by atoms with Crippen LogP contribution >= 0.6 is 0 Å². The summed E-state index contributed by atoms with van der Waals surface area (Å²) >= 11 is 0. The average molecular weight is 745 g/mol. The molecule has 58 heavy (non-hydrogen) atoms. The molecule has 0 aliphatic heterocycles. The SMILES string of the molecule is N#Cc1ccc(-c2ccc3c(c2)C2(c4cc(-c5ccc(-c6nc(-c7ccccc7)nc(-c7ccccc7)n6)cc5)ccc4-3)C3CC4CC(C3)CC2C4)c2ccccc12. The van der Waals surface area contributed by atoms with Gasteiger partial charge in [0.25, 0.3) is 0 Å². The molecule has 0 amide bonds. The molecule has 7 aromatic carbocycles. The lowest BCUT2D eigenvalue weighted by Gasteiger charge is -2.61. The number of rotatable bonds is 5. The van der Waals surface area contributed by atoms with Crippen molar-refractivity contribution in [2.45, 2.75) is 37.5 Å². The lowest BCUT2D eigenvalue weighted by atomic mass is 9.43. The van der Waals surface area contributed by atoms with Gasteiger partial charge in [-0.05, 0) is 124 Å². The Labute approximate surface area is 338 Å². The molecule has 0 radical (unpaired) electrons. The molecule has 1 aromatic heterocycles. The van der Waals surface area contributed by atoms with Crippen LogP contribution in [0.15, 0.2) is 158 Å². The summed E-state index contributed by atoms with van der Waals surface area (Å²) in [7, 11) is 0. The summed E-state index contributed by atoms with van der Waals surface area (Å²) in [6.45, 7) is 0. The minimum absolute atomic E-state index is 0.0129. The van der Waals surface area contributed by atoms with Crippen molar-refractivity contribution in [2.24, 2.45) is 23.7 Å². The topological polar surface area (TPSA) is 62.5 Å². The van der Waals surface area contributed by atoms with Gasteiger partial charge in [0.2, 0.25) is 0 Å². The highest BCUT2D eigenvalue weighted by molar-refractivity contribution is 6.00. The number of benzene rings is 7. The molecule has 5 aliphatic carbocycles. The highest BCUT2D eigenvalue weighted by Crippen LogP contribution is 2.69. The van der Waals surface area contributed by atoms with Crippen molar-refractivity contribution in [3.8, 4) is 73.6 Å². The van der Waals surface area contributed by atoms with Crippen molar-refractivity contribution in [3.63, 3.8) is 0 Å². The Morgan fingerprint density at radius 1 is 0.414 bits per heavy atom. The fourth-order valence-corrected chi connectivity index (χ4v) is 11.9. The number of hydrogen-bond donors (Lipinski definition) is 0. The Morgan fingerprint density at radius 3 is 1.43 bits per heavy atom. The normalized spacial score (nSPS) is 22.2. The van der Waals surface area contributed by atoms with Gasteiger partial charge in [0.05, 0.1) is 11.6 Å². The fourth-order valence-electron chi connectivity index (χ4n) is 11.9. The first-order valence-corrected chi connectivity index (χ1v) is 20.8. The zero-order valence-electron chi connectivity index (χ0n) is 32.1. The van der Waals surface area contributed by atoms with Gasteiger partial charge in [-0.25, -0.2) is 15.0 Å². The molecule has 4 bridgehead atoms. The first-order chi connectivity index (χ1) is 28.6. The summed E-state index contributed by atoms with van der Waals surface area (Å²) in [6.07, 6.45) is 6.74. The van der Waals surface area contributed by atoms with Crippen molar-refractivity contribution in [1.82, 2.24) is 15.0 Å². The Morgan fingerprint density at radius 2 is 0.862 bits per heavy atom. The van der Waals surface area contributed by atoms with Gasteiger partial charge < -0.3 is 0 Å². The second kappa shape index (κ2) is 12.9. The molecule has 0 saturated heterocycles. The zero-order valence-corrected chi connectivity index (χ0v) is 32.1. The molecule has 276 valence electrons. The van der Waals surface area contributed by atoms with Crippen LogP contribution in [0.4, 0.5) is 0 Å². The van der Waals surface area contributed by atoms with Crippen LogP contribution in [-0.2, 0) is 5.41 Å². The lowest BCUT2D eigenvalue weighted by Crippen LogP contribution is -2.55. The van der Waals surface area contributed by atoms with Gasteiger partial charge in [0.1, 0.15) is 0 Å². The number of hydrogen-bond acceptors (Lipinski definition) is 4. The second-order valence-electron chi connectivity index (χ2n) is 17.1. The zero-order chi connectivity index (χ0) is 38.4. The third kappa shape index (κ3) is 5.02. The quantitative estimate of drug-likeness (QED) is 0.176. The Balaban J connectivity index is 0.963. The summed E-state index contributed by atoms with van der Waals surface area (Å²) < 4.78 is 0. The predicted octanol–water partition coefficient (Wildman–Crippen LogP) is 13.0. The van der Waals surface area contributed by atoms with E-state index in [4.69, 9.17) is 15.0 Å². The molecule has 4 nitrogen and oxygen atoms in total. The summed E-state index contributed by atoms with van der Waals surface area (Å²) in [6, 6.07) is 58.7. The molecule has 0 unspecified atom stereocenters. The van der Waals surface area contributed by atoms with E-state index in [0.717, 1.165) is 44.9 Å². The highest BCUT2D eigenvalue weighted by atomic mass is 15.0. The van der Waals surface area contributed by atoms with Gasteiger partial charge in [-0.2, -0.15) is 5.26 Å². The minimum Gasteiger partial charge on any atom is -0.208 e. The Kier molecular flexibility index (Phi) is 7.45. The van der Waals surface area contributed by atoms with E-state index in [9.17, 15) is 5.26 Å². The third-order valence-corrected chi connectivity index (χ3v) is 14.2. The minimum atomic E-state index is 0.0129. The van der Waals surface area contributed by atoms with Crippen molar-refractivity contribution >= 4 is 10.8 Å². The molecule has 5 aliphatic rings. The summed E-state index contributed by atoms with van der Waals surface area (Å²) in [5, 5.41) is 12.1. The number of fused-ring (bicyclic) bond motifs is 4. The van der Waals surface area contributed by atoms with Crippen LogP contribution in [0.5, 0.6) is 0 Å². The first kappa shape index (κ1) is 33.4. The van der Waals surface area contributed by atoms with E-state index in [1.165, 1.54) is 76.6 Å². The van der Waals surface area contributed by atoms with Crippen LogP contribution < -0.4 is 0 Å². The van der Waals surface area contributed by atoms with Crippen LogP contribution in [0.2, 0.25) is 0 Å². The van der Waals surface area contributed by atoms with Crippen molar-refractivity contribution in [2.75, 3.05) is 0 Å². The van der Waals surface area contributed by atoms with Gasteiger partial charge in [0.15, 0.2) is 17.5 Å². The molecule has 4 fully saturated rings. The molecule has 8 aromatic rings. The van der Waals surface area contributed by atoms with Crippen LogP contribution in [0.3, 0.4) is 0 Å². The first-order valence-electron chi connectivity index (χ1n) is 20.8. The Hall–Kier alpha value is -6.70. The number of aromatic nitrogens is 3. The van der Waals surface area contributed by atoms with Gasteiger partial charge >= 0.3 is 0 Å². The second-order valence-corrected chi connectivity index (χ2v) is 17.1. The van der Waals surface area contributed by atoms with Crippen molar-refractivity contribution in [1.29, 1.82) is 5.26 Å². The summed E-state index contributed by atoms with van der Waals surface area (Å²) in [4.78, 5) is 14.9. The van der Waals surface area contributed by atoms with E-state index in [-0.39, 0.29) is 5.41 Å². The Bertz CT molecular complexity index is 2880. The molecular formula is C54H40N4. The maximum Gasteiger partial charge on any atom is 0.164 e. The monoisotopic (exact) mass is 744 g/mol. The van der Waals surface area contributed by atoms with E-state index in [1.807, 2.05) is 48.5 Å². The van der Waals surface area contributed by atoms with Crippen LogP contribution in [-0.4, -0.2) is 15.0 Å². The molecule has 4 heteroatoms. The van der Waals surface area contributed by atoms with Gasteiger partial charge in [-0.1, -0.05) is 140 Å². The lowest BCUT2D eigenvalue weighted by molar-refractivity contribution is -0.0399. The van der Waals surface area contributed by atoms with E-state index in [0.29, 0.717) is 29.3 Å². The average Bonchev–Trinajstić information content (AvgIpc) is 3.57. The molecule has 0 N–H and O–H groups in total. The van der Waals surface area contributed by atoms with Crippen LogP contribution in [0, 0.1) is 35.0 Å². The van der Waals surface area contributed by atoms with Crippen LogP contribution in [0.1, 0.15) is 48.8 Å². The van der Waals surface area contributed by atoms with E-state index in [2.05, 4.69) is 115 Å². The summed E-state index contributed by atoms with van der Waals surface area (Å²) in [5.41, 5.74) is 14.5. The van der Waals surface area contributed by atoms with Crippen LogP contribution in [0.25, 0.3) is 78.3 Å². The largest absolute Gasteiger partial charge is 0.208 e. The summed E-state index contributed by atoms with van der Waals surface area (Å²) in [5.74, 6) is 5.03. The number of nitriles is 1. The molecular weight excluding hydrogens is 705 g/mol. The number of nitrogens with zero attached hydrogens (tertiary/aromatic N) is 4. The maximum atomic E-state index is 9.92. The predicted molar refractivity (Wildman–Crippen MR) is 232 cm³/mol. The molecule has 4 saturated carbocycles. The van der Waals surface area contributed by atoms with E-state index in [1.54, 1.807) is 0 Å².